The summed E-state index contributed by atoms with van der Waals surface area (Å²) in [4.78, 5) is 24.7. The Balaban J connectivity index is 1.04. The SMILES string of the molecule is Cc1cc(Nc2nc(Sc3ccc(NC(=O)CN4CC(O)C(Oc5ccc(F)cc5)C4)cc3)nc3cccn23)n[nH]1. The van der Waals surface area contributed by atoms with Crippen LogP contribution in [-0.4, -0.2) is 72.3 Å². The molecule has 0 saturated carbocycles. The van der Waals surface area contributed by atoms with Crippen molar-refractivity contribution < 1.29 is 19.0 Å². The molecule has 1 aliphatic heterocycles. The number of fused-ring (bicyclic) bond motifs is 1. The monoisotopic (exact) mass is 574 g/mol. The molecule has 11 nitrogen and oxygen atoms in total. The maximum absolute atomic E-state index is 13.1. The maximum Gasteiger partial charge on any atom is 0.238 e. The number of nitrogens with zero attached hydrogens (tertiary/aromatic N) is 5. The van der Waals surface area contributed by atoms with Crippen LogP contribution >= 0.6 is 11.8 Å². The molecular weight excluding hydrogens is 547 g/mol. The second-order valence-electron chi connectivity index (χ2n) is 9.67. The molecule has 3 aromatic heterocycles. The van der Waals surface area contributed by atoms with Gasteiger partial charge in [0.25, 0.3) is 0 Å². The van der Waals surface area contributed by atoms with Crippen molar-refractivity contribution in [2.24, 2.45) is 0 Å². The third-order valence-corrected chi connectivity index (χ3v) is 7.31. The van der Waals surface area contributed by atoms with Crippen LogP contribution in [0.1, 0.15) is 5.69 Å². The standard InChI is InChI=1S/C28H27FN8O3S/c1-17-13-24(35-34-17)31-27-33-28(32-25-3-2-12-37(25)27)41-21-10-6-19(7-11-21)30-26(39)16-36-14-22(38)23(15-36)40-20-8-4-18(29)5-9-20/h2-13,22-23,38H,14-16H2,1H3,(H,30,39)(H2,31,32,33,34,35). The summed E-state index contributed by atoms with van der Waals surface area (Å²) < 4.78 is 20.8. The van der Waals surface area contributed by atoms with Gasteiger partial charge in [0.15, 0.2) is 11.0 Å². The second-order valence-corrected chi connectivity index (χ2v) is 10.7. The number of aliphatic hydroxyl groups is 1. The minimum Gasteiger partial charge on any atom is -0.486 e. The number of hydrogen-bond donors (Lipinski definition) is 4. The number of ether oxygens (including phenoxy) is 1. The highest BCUT2D eigenvalue weighted by Crippen LogP contribution is 2.28. The van der Waals surface area contributed by atoms with E-state index in [9.17, 15) is 14.3 Å². The topological polar surface area (TPSA) is 133 Å². The number of benzene rings is 2. The first-order chi connectivity index (χ1) is 19.9. The van der Waals surface area contributed by atoms with Crippen LogP contribution in [-0.2, 0) is 4.79 Å². The van der Waals surface area contributed by atoms with Gasteiger partial charge in [-0.25, -0.2) is 9.37 Å². The number of nitrogens with one attached hydrogen (secondary N) is 3. The van der Waals surface area contributed by atoms with Crippen LogP contribution < -0.4 is 15.4 Å². The summed E-state index contributed by atoms with van der Waals surface area (Å²) in [7, 11) is 0. The van der Waals surface area contributed by atoms with Gasteiger partial charge in [-0.05, 0) is 79.3 Å². The summed E-state index contributed by atoms with van der Waals surface area (Å²) >= 11 is 1.40. The van der Waals surface area contributed by atoms with E-state index in [2.05, 4.69) is 30.8 Å². The Morgan fingerprint density at radius 3 is 2.71 bits per heavy atom. The van der Waals surface area contributed by atoms with Gasteiger partial charge in [-0.15, -0.1) is 0 Å². The van der Waals surface area contributed by atoms with Gasteiger partial charge >= 0.3 is 0 Å². The second kappa shape index (κ2) is 11.6. The first-order valence-corrected chi connectivity index (χ1v) is 13.7. The van der Waals surface area contributed by atoms with Gasteiger partial charge in [-0.3, -0.25) is 19.2 Å². The number of β-amino-alcohol motifs (C(OH)–C–C–N with tert-alkyl or cyclic N) is 1. The van der Waals surface area contributed by atoms with Crippen molar-refractivity contribution in [1.82, 2.24) is 29.5 Å². The maximum atomic E-state index is 13.1. The van der Waals surface area contributed by atoms with E-state index in [4.69, 9.17) is 4.74 Å². The molecule has 4 heterocycles. The summed E-state index contributed by atoms with van der Waals surface area (Å²) in [5, 5.41) is 24.2. The van der Waals surface area contributed by atoms with Crippen molar-refractivity contribution in [1.29, 1.82) is 0 Å². The predicted octanol–water partition coefficient (Wildman–Crippen LogP) is 3.86. The molecule has 210 valence electrons. The van der Waals surface area contributed by atoms with Crippen molar-refractivity contribution in [2.45, 2.75) is 29.2 Å². The van der Waals surface area contributed by atoms with Crippen LogP contribution in [0.2, 0.25) is 0 Å². The summed E-state index contributed by atoms with van der Waals surface area (Å²) in [6, 6.07) is 18.8. The van der Waals surface area contributed by atoms with Crippen molar-refractivity contribution in [3.63, 3.8) is 0 Å². The third-order valence-electron chi connectivity index (χ3n) is 6.44. The molecule has 0 radical (unpaired) electrons. The zero-order valence-electron chi connectivity index (χ0n) is 22.0. The van der Waals surface area contributed by atoms with E-state index < -0.39 is 12.2 Å². The van der Waals surface area contributed by atoms with E-state index in [-0.39, 0.29) is 18.3 Å². The number of aromatic amines is 1. The average Bonchev–Trinajstić information content (AvgIpc) is 3.67. The summed E-state index contributed by atoms with van der Waals surface area (Å²) in [6.07, 6.45) is 0.624. The molecule has 2 atom stereocenters. The number of anilines is 3. The normalized spacial score (nSPS) is 17.1. The molecule has 6 rings (SSSR count). The quantitative estimate of drug-likeness (QED) is 0.207. The first kappa shape index (κ1) is 26.7. The Kier molecular flexibility index (Phi) is 7.55. The summed E-state index contributed by atoms with van der Waals surface area (Å²) in [5.41, 5.74) is 2.33. The Morgan fingerprint density at radius 1 is 1.15 bits per heavy atom. The number of carbonyl (C=O) groups is 1. The minimum absolute atomic E-state index is 0.104. The van der Waals surface area contributed by atoms with Gasteiger partial charge in [0.05, 0.1) is 6.54 Å². The number of halogens is 1. The fourth-order valence-corrected chi connectivity index (χ4v) is 5.28. The Labute approximate surface area is 238 Å². The fourth-order valence-electron chi connectivity index (χ4n) is 4.52. The van der Waals surface area contributed by atoms with Gasteiger partial charge < -0.3 is 20.5 Å². The highest BCUT2D eigenvalue weighted by Gasteiger charge is 2.34. The number of amides is 1. The average molecular weight is 575 g/mol. The van der Waals surface area contributed by atoms with Gasteiger partial charge in [0.2, 0.25) is 11.9 Å². The number of hydrogen-bond acceptors (Lipinski definition) is 9. The van der Waals surface area contributed by atoms with Crippen LogP contribution in [0.5, 0.6) is 5.75 Å². The highest BCUT2D eigenvalue weighted by atomic mass is 32.2. The van der Waals surface area contributed by atoms with Crippen molar-refractivity contribution in [3.8, 4) is 5.75 Å². The smallest absolute Gasteiger partial charge is 0.238 e. The zero-order chi connectivity index (χ0) is 28.3. The Bertz CT molecular complexity index is 1660. The lowest BCUT2D eigenvalue weighted by molar-refractivity contribution is -0.117. The minimum atomic E-state index is -0.753. The number of aliphatic hydroxyl groups excluding tert-OH is 1. The van der Waals surface area contributed by atoms with E-state index in [1.165, 1.54) is 36.0 Å². The molecule has 41 heavy (non-hydrogen) atoms. The molecule has 0 spiro atoms. The van der Waals surface area contributed by atoms with E-state index in [1.54, 1.807) is 0 Å². The molecule has 1 amide bonds. The van der Waals surface area contributed by atoms with E-state index >= 15 is 0 Å². The molecule has 0 aliphatic carbocycles. The fraction of sp³-hybridized carbons (Fsp3) is 0.214. The molecular formula is C28H27FN8O3S. The molecule has 2 aromatic carbocycles. The molecule has 4 N–H and O–H groups in total. The van der Waals surface area contributed by atoms with Crippen molar-refractivity contribution >= 4 is 40.8 Å². The van der Waals surface area contributed by atoms with Crippen molar-refractivity contribution in [3.05, 3.63) is 84.4 Å². The summed E-state index contributed by atoms with van der Waals surface area (Å²) in [6.45, 7) is 2.71. The number of aromatic nitrogens is 5. The predicted molar refractivity (Wildman–Crippen MR) is 152 cm³/mol. The van der Waals surface area contributed by atoms with Crippen LogP contribution in [0.15, 0.2) is 83.0 Å². The van der Waals surface area contributed by atoms with Gasteiger partial charge in [0.1, 0.15) is 29.4 Å². The molecule has 2 unspecified atom stereocenters. The third kappa shape index (κ3) is 6.48. The zero-order valence-corrected chi connectivity index (χ0v) is 22.8. The van der Waals surface area contributed by atoms with E-state index in [1.807, 2.05) is 64.9 Å². The Hall–Kier alpha value is -4.46. The van der Waals surface area contributed by atoms with Crippen LogP contribution in [0.3, 0.4) is 0 Å². The molecule has 1 saturated heterocycles. The van der Waals surface area contributed by atoms with Gasteiger partial charge in [-0.1, -0.05) is 0 Å². The summed E-state index contributed by atoms with van der Waals surface area (Å²) in [5.74, 6) is 1.16. The number of rotatable bonds is 9. The molecule has 13 heteroatoms. The molecule has 0 bridgehead atoms. The number of aryl methyl sites for hydroxylation is 1. The molecule has 5 aromatic rings. The van der Waals surface area contributed by atoms with Crippen LogP contribution in [0.25, 0.3) is 5.65 Å². The van der Waals surface area contributed by atoms with E-state index in [0.717, 1.165) is 16.2 Å². The lowest BCUT2D eigenvalue weighted by atomic mass is 10.2. The number of carbonyl (C=O) groups excluding carboxylic acids is 1. The Morgan fingerprint density at radius 2 is 1.95 bits per heavy atom. The largest absolute Gasteiger partial charge is 0.486 e. The lowest BCUT2D eigenvalue weighted by Gasteiger charge is -2.17. The first-order valence-electron chi connectivity index (χ1n) is 12.9. The molecule has 1 aliphatic rings. The molecule has 1 fully saturated rings. The van der Waals surface area contributed by atoms with Gasteiger partial charge in [0, 0.05) is 41.6 Å². The number of H-pyrrole nitrogens is 1. The van der Waals surface area contributed by atoms with Crippen molar-refractivity contribution in [2.75, 3.05) is 30.3 Å². The number of likely N-dealkylation sites (tertiary alicyclic amines) is 1. The van der Waals surface area contributed by atoms with Crippen LogP contribution in [0.4, 0.5) is 21.8 Å². The lowest BCUT2D eigenvalue weighted by Crippen LogP contribution is -2.33. The van der Waals surface area contributed by atoms with Crippen LogP contribution in [0, 0.1) is 12.7 Å². The van der Waals surface area contributed by atoms with Gasteiger partial charge in [-0.2, -0.15) is 10.1 Å². The van der Waals surface area contributed by atoms with E-state index in [0.29, 0.717) is 41.4 Å². The highest BCUT2D eigenvalue weighted by molar-refractivity contribution is 7.99.